The minimum atomic E-state index is -4.76. The number of aryl methyl sites for hydroxylation is 1. The first-order valence-corrected chi connectivity index (χ1v) is 7.83. The van der Waals surface area contributed by atoms with Crippen molar-refractivity contribution in [3.05, 3.63) is 51.7 Å². The standard InChI is InChI=1S/C16H16F3NO3S/c1-10-3-8-14(24-10)13(22-2)9-20-15(21)11-4-6-12(7-5-11)23-16(17,18)19/h3-8,13H,9H2,1-2H3,(H,20,21). The maximum Gasteiger partial charge on any atom is 0.573 e. The molecule has 4 nitrogen and oxygen atoms in total. The number of halogens is 3. The highest BCUT2D eigenvalue weighted by atomic mass is 32.1. The van der Waals surface area contributed by atoms with Crippen LogP contribution in [-0.2, 0) is 4.74 Å². The van der Waals surface area contributed by atoms with Crippen molar-refractivity contribution in [2.75, 3.05) is 13.7 Å². The Morgan fingerprint density at radius 1 is 1.21 bits per heavy atom. The summed E-state index contributed by atoms with van der Waals surface area (Å²) in [5, 5.41) is 2.71. The summed E-state index contributed by atoms with van der Waals surface area (Å²) in [5.41, 5.74) is 0.238. The summed E-state index contributed by atoms with van der Waals surface area (Å²) in [6, 6.07) is 8.63. The predicted molar refractivity (Wildman–Crippen MR) is 84.3 cm³/mol. The Hall–Kier alpha value is -2.06. The number of carbonyl (C=O) groups excluding carboxylic acids is 1. The molecule has 1 heterocycles. The number of carbonyl (C=O) groups is 1. The van der Waals surface area contributed by atoms with Crippen molar-refractivity contribution in [3.63, 3.8) is 0 Å². The SMILES string of the molecule is COC(CNC(=O)c1ccc(OC(F)(F)F)cc1)c1ccc(C)s1. The van der Waals surface area contributed by atoms with Crippen LogP contribution in [0.15, 0.2) is 36.4 Å². The first-order chi connectivity index (χ1) is 11.3. The molecule has 0 radical (unpaired) electrons. The summed E-state index contributed by atoms with van der Waals surface area (Å²) in [5.74, 6) is -0.772. The number of methoxy groups -OCH3 is 1. The average molecular weight is 359 g/mol. The minimum Gasteiger partial charge on any atom is -0.406 e. The van der Waals surface area contributed by atoms with Gasteiger partial charge in [-0.15, -0.1) is 24.5 Å². The molecular weight excluding hydrogens is 343 g/mol. The molecule has 1 N–H and O–H groups in total. The van der Waals surface area contributed by atoms with Crippen molar-refractivity contribution in [2.45, 2.75) is 19.4 Å². The van der Waals surface area contributed by atoms with Crippen LogP contribution in [0.25, 0.3) is 0 Å². The molecule has 0 saturated heterocycles. The minimum absolute atomic E-state index is 0.238. The Labute approximate surface area is 141 Å². The zero-order chi connectivity index (χ0) is 17.7. The molecule has 0 aliphatic rings. The van der Waals surface area contributed by atoms with Gasteiger partial charge in [0.1, 0.15) is 11.9 Å². The first-order valence-electron chi connectivity index (χ1n) is 7.01. The van der Waals surface area contributed by atoms with Crippen molar-refractivity contribution in [1.82, 2.24) is 5.32 Å². The van der Waals surface area contributed by atoms with E-state index in [4.69, 9.17) is 4.74 Å². The van der Waals surface area contributed by atoms with Crippen LogP contribution in [0.5, 0.6) is 5.75 Å². The monoisotopic (exact) mass is 359 g/mol. The van der Waals surface area contributed by atoms with Crippen LogP contribution in [0.3, 0.4) is 0 Å². The smallest absolute Gasteiger partial charge is 0.406 e. The highest BCUT2D eigenvalue weighted by Crippen LogP contribution is 2.25. The molecule has 1 amide bonds. The normalized spacial score (nSPS) is 12.7. The number of hydrogen-bond donors (Lipinski definition) is 1. The van der Waals surface area contributed by atoms with Crippen LogP contribution < -0.4 is 10.1 Å². The van der Waals surface area contributed by atoms with E-state index in [-0.39, 0.29) is 24.0 Å². The Morgan fingerprint density at radius 3 is 2.38 bits per heavy atom. The molecule has 130 valence electrons. The molecule has 1 aromatic carbocycles. The van der Waals surface area contributed by atoms with Gasteiger partial charge in [-0.25, -0.2) is 0 Å². The molecule has 8 heteroatoms. The van der Waals surface area contributed by atoms with E-state index in [0.29, 0.717) is 0 Å². The molecule has 2 aromatic rings. The van der Waals surface area contributed by atoms with Crippen LogP contribution in [0.4, 0.5) is 13.2 Å². The maximum atomic E-state index is 12.1. The van der Waals surface area contributed by atoms with E-state index >= 15 is 0 Å². The second kappa shape index (κ2) is 7.67. The van der Waals surface area contributed by atoms with E-state index < -0.39 is 12.3 Å². The molecule has 0 bridgehead atoms. The molecule has 0 aliphatic carbocycles. The number of benzene rings is 1. The van der Waals surface area contributed by atoms with Gasteiger partial charge < -0.3 is 14.8 Å². The van der Waals surface area contributed by atoms with E-state index in [0.717, 1.165) is 21.9 Å². The third kappa shape index (κ3) is 5.24. The number of amides is 1. The Balaban J connectivity index is 1.94. The van der Waals surface area contributed by atoms with E-state index in [1.165, 1.54) is 12.1 Å². The molecule has 0 fully saturated rings. The van der Waals surface area contributed by atoms with E-state index in [2.05, 4.69) is 10.1 Å². The summed E-state index contributed by atoms with van der Waals surface area (Å²) in [6.07, 6.45) is -5.03. The lowest BCUT2D eigenvalue weighted by atomic mass is 10.2. The van der Waals surface area contributed by atoms with Crippen LogP contribution in [0.2, 0.25) is 0 Å². The van der Waals surface area contributed by atoms with E-state index in [1.807, 2.05) is 19.1 Å². The fraction of sp³-hybridized carbons (Fsp3) is 0.312. The highest BCUT2D eigenvalue weighted by Gasteiger charge is 2.31. The van der Waals surface area contributed by atoms with Crippen LogP contribution in [-0.4, -0.2) is 25.9 Å². The largest absolute Gasteiger partial charge is 0.573 e. The molecule has 1 unspecified atom stereocenters. The lowest BCUT2D eigenvalue weighted by Crippen LogP contribution is -2.28. The zero-order valence-electron chi connectivity index (χ0n) is 13.0. The molecular formula is C16H16F3NO3S. The Morgan fingerprint density at radius 2 is 1.88 bits per heavy atom. The summed E-state index contributed by atoms with van der Waals surface area (Å²) < 4.78 is 45.4. The Bertz CT molecular complexity index is 683. The van der Waals surface area contributed by atoms with Gasteiger partial charge >= 0.3 is 6.36 Å². The number of thiophene rings is 1. The predicted octanol–water partition coefficient (Wildman–Crippen LogP) is 4.07. The lowest BCUT2D eigenvalue weighted by Gasteiger charge is -2.15. The quantitative estimate of drug-likeness (QED) is 0.846. The van der Waals surface area contributed by atoms with Gasteiger partial charge in [-0.1, -0.05) is 0 Å². The number of nitrogens with one attached hydrogen (secondary N) is 1. The van der Waals surface area contributed by atoms with Crippen molar-refractivity contribution in [3.8, 4) is 5.75 Å². The second-order valence-electron chi connectivity index (χ2n) is 4.95. The molecule has 1 aromatic heterocycles. The summed E-state index contributed by atoms with van der Waals surface area (Å²) >= 11 is 1.58. The van der Waals surface area contributed by atoms with E-state index in [9.17, 15) is 18.0 Å². The summed E-state index contributed by atoms with van der Waals surface area (Å²) in [7, 11) is 1.55. The number of alkyl halides is 3. The number of ether oxygens (including phenoxy) is 2. The van der Waals surface area contributed by atoms with Gasteiger partial charge in [0, 0.05) is 29.0 Å². The van der Waals surface area contributed by atoms with Crippen LogP contribution in [0.1, 0.15) is 26.2 Å². The van der Waals surface area contributed by atoms with Crippen LogP contribution in [0, 0.1) is 6.92 Å². The molecule has 24 heavy (non-hydrogen) atoms. The summed E-state index contributed by atoms with van der Waals surface area (Å²) in [4.78, 5) is 14.2. The van der Waals surface area contributed by atoms with Crippen molar-refractivity contribution in [2.24, 2.45) is 0 Å². The fourth-order valence-electron chi connectivity index (χ4n) is 2.02. The molecule has 2 rings (SSSR count). The van der Waals surface area contributed by atoms with Gasteiger partial charge in [0.15, 0.2) is 0 Å². The maximum absolute atomic E-state index is 12.1. The molecule has 1 atom stereocenters. The third-order valence-electron chi connectivity index (χ3n) is 3.16. The van der Waals surface area contributed by atoms with Crippen molar-refractivity contribution < 1.29 is 27.4 Å². The van der Waals surface area contributed by atoms with Crippen molar-refractivity contribution in [1.29, 1.82) is 0 Å². The van der Waals surface area contributed by atoms with Crippen molar-refractivity contribution >= 4 is 17.2 Å². The van der Waals surface area contributed by atoms with Gasteiger partial charge in [0.2, 0.25) is 0 Å². The molecule has 0 aliphatic heterocycles. The fourth-order valence-corrected chi connectivity index (χ4v) is 2.98. The molecule has 0 saturated carbocycles. The Kier molecular flexibility index (Phi) is 5.84. The van der Waals surface area contributed by atoms with Gasteiger partial charge in [-0.2, -0.15) is 0 Å². The van der Waals surface area contributed by atoms with Gasteiger partial charge in [0.25, 0.3) is 5.91 Å². The first kappa shape index (κ1) is 18.3. The zero-order valence-corrected chi connectivity index (χ0v) is 13.8. The highest BCUT2D eigenvalue weighted by molar-refractivity contribution is 7.12. The van der Waals surface area contributed by atoms with E-state index in [1.54, 1.807) is 18.4 Å². The van der Waals surface area contributed by atoms with Gasteiger partial charge in [0.05, 0.1) is 0 Å². The summed E-state index contributed by atoms with van der Waals surface area (Å²) in [6.45, 7) is 2.24. The lowest BCUT2D eigenvalue weighted by molar-refractivity contribution is -0.274. The second-order valence-corrected chi connectivity index (χ2v) is 6.27. The average Bonchev–Trinajstić information content (AvgIpc) is 2.93. The third-order valence-corrected chi connectivity index (χ3v) is 4.25. The van der Waals surface area contributed by atoms with Gasteiger partial charge in [-0.3, -0.25) is 4.79 Å². The van der Waals surface area contributed by atoms with Gasteiger partial charge in [-0.05, 0) is 43.3 Å². The topological polar surface area (TPSA) is 47.6 Å². The number of rotatable bonds is 6. The van der Waals surface area contributed by atoms with Crippen LogP contribution >= 0.6 is 11.3 Å². The number of hydrogen-bond acceptors (Lipinski definition) is 4. The molecule has 0 spiro atoms.